The number of rotatable bonds is 19. The van der Waals surface area contributed by atoms with Crippen LogP contribution in [0.3, 0.4) is 0 Å². The van der Waals surface area contributed by atoms with Gasteiger partial charge in [-0.1, -0.05) is 25.8 Å². The van der Waals surface area contributed by atoms with Gasteiger partial charge in [-0.25, -0.2) is 4.98 Å². The van der Waals surface area contributed by atoms with Gasteiger partial charge in [-0.2, -0.15) is 4.98 Å². The van der Waals surface area contributed by atoms with E-state index in [-0.39, 0.29) is 87.2 Å². The minimum atomic E-state index is -0.747. The van der Waals surface area contributed by atoms with E-state index in [4.69, 9.17) is 24.9 Å². The number of ether oxygens (including phenoxy) is 3. The van der Waals surface area contributed by atoms with Crippen molar-refractivity contribution in [2.24, 2.45) is 5.73 Å². The third kappa shape index (κ3) is 10.2. The van der Waals surface area contributed by atoms with Gasteiger partial charge in [-0.3, -0.25) is 34.1 Å². The maximum absolute atomic E-state index is 13.3. The van der Waals surface area contributed by atoms with Crippen molar-refractivity contribution >= 4 is 64.3 Å². The molecule has 1 saturated heterocycles. The molecule has 0 bridgehead atoms. The fourth-order valence-electron chi connectivity index (χ4n) is 8.58. The first-order valence-corrected chi connectivity index (χ1v) is 21.6. The fraction of sp³-hybridized carbons (Fsp3) is 0.500. The van der Waals surface area contributed by atoms with Gasteiger partial charge in [-0.15, -0.1) is 0 Å². The zero-order valence-corrected chi connectivity index (χ0v) is 35.9. The van der Waals surface area contributed by atoms with Gasteiger partial charge in [0.2, 0.25) is 29.6 Å². The lowest BCUT2D eigenvalue weighted by Gasteiger charge is -2.43. The molecule has 19 nitrogen and oxygen atoms in total. The SMILES string of the molecule is CC[C@@H]1C(=O)N(C)c2cnc(Nc3ccc(C(=O)NCCCOCC(N)COCCC(=O)Nc4cccc5c4CN(C4CCC(=O)NC4=O)C5=O)cc3OC)nc2N1C1CCCC1. The number of likely N-dealkylation sites (N-methyl/N-ethyl adjacent to an activating group) is 1. The minimum Gasteiger partial charge on any atom is -0.495 e. The Morgan fingerprint density at radius 3 is 2.54 bits per heavy atom. The Bertz CT molecular complexity index is 2220. The highest BCUT2D eigenvalue weighted by atomic mass is 16.5. The van der Waals surface area contributed by atoms with Crippen molar-refractivity contribution in [2.75, 3.05) is 67.6 Å². The zero-order valence-electron chi connectivity index (χ0n) is 35.9. The molecule has 1 aromatic heterocycles. The molecule has 6 amide bonds. The van der Waals surface area contributed by atoms with E-state index >= 15 is 0 Å². The highest BCUT2D eigenvalue weighted by Crippen LogP contribution is 2.40. The number of anilines is 5. The van der Waals surface area contributed by atoms with Crippen LogP contribution in [0.15, 0.2) is 42.6 Å². The zero-order chi connectivity index (χ0) is 44.6. The van der Waals surface area contributed by atoms with Crippen LogP contribution in [0.5, 0.6) is 5.75 Å². The molecule has 4 heterocycles. The number of amides is 6. The van der Waals surface area contributed by atoms with Crippen molar-refractivity contribution in [1.82, 2.24) is 25.5 Å². The molecule has 19 heteroatoms. The molecule has 336 valence electrons. The second kappa shape index (κ2) is 20.3. The molecule has 4 aliphatic rings. The molecular formula is C44H56N10O9. The second-order valence-electron chi connectivity index (χ2n) is 16.2. The molecule has 1 aliphatic carbocycles. The minimum absolute atomic E-state index is 0.0487. The first kappa shape index (κ1) is 44.9. The van der Waals surface area contributed by atoms with E-state index < -0.39 is 18.0 Å². The first-order chi connectivity index (χ1) is 30.5. The Morgan fingerprint density at radius 2 is 1.79 bits per heavy atom. The van der Waals surface area contributed by atoms with Crippen LogP contribution in [0.25, 0.3) is 0 Å². The molecule has 1 saturated carbocycles. The first-order valence-electron chi connectivity index (χ1n) is 21.6. The number of carbonyl (C=O) groups excluding carboxylic acids is 6. The summed E-state index contributed by atoms with van der Waals surface area (Å²) in [5, 5.41) is 11.3. The molecule has 3 aromatic rings. The van der Waals surface area contributed by atoms with Gasteiger partial charge in [-0.05, 0) is 62.4 Å². The highest BCUT2D eigenvalue weighted by molar-refractivity contribution is 6.07. The van der Waals surface area contributed by atoms with Crippen LogP contribution in [0.4, 0.5) is 28.8 Å². The predicted octanol–water partition coefficient (Wildman–Crippen LogP) is 3.00. The van der Waals surface area contributed by atoms with Crippen LogP contribution in [0, 0.1) is 0 Å². The summed E-state index contributed by atoms with van der Waals surface area (Å²) in [6.07, 6.45) is 7.64. The Labute approximate surface area is 365 Å². The fourth-order valence-corrected chi connectivity index (χ4v) is 8.58. The molecule has 2 fully saturated rings. The largest absolute Gasteiger partial charge is 0.495 e. The lowest BCUT2D eigenvalue weighted by atomic mass is 10.0. The number of aromatic nitrogens is 2. The molecule has 7 rings (SSSR count). The summed E-state index contributed by atoms with van der Waals surface area (Å²) in [5.74, 6) is -0.180. The number of hydrogen-bond acceptors (Lipinski definition) is 14. The van der Waals surface area contributed by atoms with Gasteiger partial charge in [0.15, 0.2) is 5.82 Å². The van der Waals surface area contributed by atoms with Gasteiger partial charge in [0.05, 0.1) is 51.3 Å². The van der Waals surface area contributed by atoms with Crippen LogP contribution in [-0.2, 0) is 35.2 Å². The molecule has 0 spiro atoms. The summed E-state index contributed by atoms with van der Waals surface area (Å²) in [5.41, 5.74) is 9.33. The Morgan fingerprint density at radius 1 is 1.02 bits per heavy atom. The molecule has 3 atom stereocenters. The molecule has 2 unspecified atom stereocenters. The Hall–Kier alpha value is -6.18. The van der Waals surface area contributed by atoms with Crippen molar-refractivity contribution in [1.29, 1.82) is 0 Å². The maximum Gasteiger partial charge on any atom is 0.255 e. The van der Waals surface area contributed by atoms with Gasteiger partial charge in [0.1, 0.15) is 23.5 Å². The Kier molecular flexibility index (Phi) is 14.5. The number of carbonyl (C=O) groups is 6. The van der Waals surface area contributed by atoms with E-state index in [1.165, 1.54) is 12.0 Å². The van der Waals surface area contributed by atoms with Crippen molar-refractivity contribution in [3.05, 3.63) is 59.3 Å². The van der Waals surface area contributed by atoms with Crippen molar-refractivity contribution in [2.45, 2.75) is 95.4 Å². The number of hydrogen-bond donors (Lipinski definition) is 5. The van der Waals surface area contributed by atoms with E-state index in [0.29, 0.717) is 71.4 Å². The Balaban J connectivity index is 0.797. The van der Waals surface area contributed by atoms with E-state index in [1.54, 1.807) is 54.5 Å². The van der Waals surface area contributed by atoms with Gasteiger partial charge < -0.3 is 50.6 Å². The van der Waals surface area contributed by atoms with E-state index in [9.17, 15) is 28.8 Å². The molecule has 6 N–H and O–H groups in total. The number of methoxy groups -OCH3 is 1. The molecule has 3 aliphatic heterocycles. The predicted molar refractivity (Wildman–Crippen MR) is 233 cm³/mol. The normalized spacial score (nSPS) is 19.1. The number of nitrogens with zero attached hydrogens (tertiary/aromatic N) is 5. The van der Waals surface area contributed by atoms with Crippen molar-refractivity contribution < 1.29 is 43.0 Å². The summed E-state index contributed by atoms with van der Waals surface area (Å²) in [6, 6.07) is 8.89. The molecular weight excluding hydrogens is 813 g/mol. The summed E-state index contributed by atoms with van der Waals surface area (Å²) in [6.45, 7) is 3.40. The number of imide groups is 1. The maximum atomic E-state index is 13.3. The van der Waals surface area contributed by atoms with Crippen LogP contribution in [-0.4, -0.2) is 122 Å². The van der Waals surface area contributed by atoms with E-state index in [1.807, 2.05) is 6.92 Å². The van der Waals surface area contributed by atoms with Gasteiger partial charge in [0, 0.05) is 61.6 Å². The number of benzene rings is 2. The van der Waals surface area contributed by atoms with Crippen LogP contribution >= 0.6 is 0 Å². The summed E-state index contributed by atoms with van der Waals surface area (Å²) >= 11 is 0. The monoisotopic (exact) mass is 868 g/mol. The summed E-state index contributed by atoms with van der Waals surface area (Å²) in [4.78, 5) is 90.8. The highest BCUT2D eigenvalue weighted by Gasteiger charge is 2.42. The number of nitrogens with two attached hydrogens (primary N) is 1. The number of piperidine rings is 1. The smallest absolute Gasteiger partial charge is 0.255 e. The van der Waals surface area contributed by atoms with Gasteiger partial charge >= 0.3 is 0 Å². The summed E-state index contributed by atoms with van der Waals surface area (Å²) < 4.78 is 16.9. The quantitative estimate of drug-likeness (QED) is 0.0861. The third-order valence-corrected chi connectivity index (χ3v) is 11.9. The van der Waals surface area contributed by atoms with Crippen LogP contribution < -0.4 is 41.5 Å². The topological polar surface area (TPSA) is 240 Å². The van der Waals surface area contributed by atoms with Crippen molar-refractivity contribution in [3.8, 4) is 5.75 Å². The van der Waals surface area contributed by atoms with E-state index in [2.05, 4.69) is 31.2 Å². The standard InChI is InChI=1S/C44H56N10O9/c1-4-33-43(60)52(2)35-22-47-44(51-39(35)54(33)28-9-5-6-10-28)49-32-14-13-26(21-36(32)61-3)40(57)46-18-8-19-62-24-27(45)25-63-20-17-38(56)48-31-12-7-11-29-30(31)23-53(42(29)59)34-15-16-37(55)50-41(34)58/h7,11-14,21-22,27-28,33-34H,4-6,8-10,15-20,23-25,45H2,1-3H3,(H,46,57)(H,48,56)(H,47,49,51)(H,50,55,58)/t27?,33-,34?/m1/s1. The third-order valence-electron chi connectivity index (χ3n) is 11.9. The van der Waals surface area contributed by atoms with Crippen LogP contribution in [0.2, 0.25) is 0 Å². The molecule has 63 heavy (non-hydrogen) atoms. The number of nitrogens with one attached hydrogen (secondary N) is 4. The lowest BCUT2D eigenvalue weighted by Crippen LogP contribution is -2.55. The molecule has 2 aromatic carbocycles. The second-order valence-corrected chi connectivity index (χ2v) is 16.2. The average Bonchev–Trinajstić information content (AvgIpc) is 3.93. The van der Waals surface area contributed by atoms with Crippen molar-refractivity contribution in [3.63, 3.8) is 0 Å². The molecule has 0 radical (unpaired) electrons. The average molecular weight is 869 g/mol. The number of fused-ring (bicyclic) bond motifs is 2. The van der Waals surface area contributed by atoms with Gasteiger partial charge in [0.25, 0.3) is 11.8 Å². The van der Waals surface area contributed by atoms with Crippen LogP contribution in [0.1, 0.15) is 91.0 Å². The lowest BCUT2D eigenvalue weighted by molar-refractivity contribution is -0.137. The summed E-state index contributed by atoms with van der Waals surface area (Å²) in [7, 11) is 3.29. The van der Waals surface area contributed by atoms with E-state index in [0.717, 1.165) is 31.5 Å².